The van der Waals surface area contributed by atoms with Gasteiger partial charge in [-0.2, -0.15) is 0 Å². The number of nitrogens with zero attached hydrogens (tertiary/aromatic N) is 2. The van der Waals surface area contributed by atoms with Gasteiger partial charge in [0, 0.05) is 25.2 Å². The van der Waals surface area contributed by atoms with Crippen LogP contribution in [0.1, 0.15) is 0 Å². The van der Waals surface area contributed by atoms with Gasteiger partial charge in [0.1, 0.15) is 6.34 Å². The first-order valence-electron chi connectivity index (χ1n) is 2.65. The van der Waals surface area contributed by atoms with Crippen LogP contribution in [-0.4, -0.2) is 25.6 Å². The van der Waals surface area contributed by atoms with Gasteiger partial charge in [-0.15, -0.1) is 0 Å². The zero-order valence-corrected chi connectivity index (χ0v) is 4.62. The predicted octanol–water partition coefficient (Wildman–Crippen LogP) is -0.326. The molecule has 1 aliphatic rings. The van der Waals surface area contributed by atoms with Crippen LogP contribution in [0, 0.1) is 5.92 Å². The monoisotopic (exact) mass is 111 g/mol. The van der Waals surface area contributed by atoms with E-state index in [1.54, 1.807) is 6.34 Å². The summed E-state index contributed by atoms with van der Waals surface area (Å²) >= 11 is 0. The maximum Gasteiger partial charge on any atom is 0.109 e. The van der Waals surface area contributed by atoms with Crippen LogP contribution in [0.25, 0.3) is 0 Å². The molecule has 1 aliphatic heterocycles. The van der Waals surface area contributed by atoms with E-state index in [4.69, 9.17) is 5.73 Å². The third kappa shape index (κ3) is 1.13. The van der Waals surface area contributed by atoms with E-state index in [9.17, 15) is 0 Å². The lowest BCUT2D eigenvalue weighted by Crippen LogP contribution is -2.20. The molecule has 8 heavy (non-hydrogen) atoms. The molecule has 3 nitrogen and oxygen atoms in total. The van der Waals surface area contributed by atoms with Gasteiger partial charge in [0.2, 0.25) is 0 Å². The molecule has 44 valence electrons. The molecule has 0 aromatic heterocycles. The van der Waals surface area contributed by atoms with Crippen LogP contribution >= 0.6 is 0 Å². The fraction of sp³-hybridized carbons (Fsp3) is 0.600. The fourth-order valence-electron chi connectivity index (χ4n) is 0.572. The predicted molar refractivity (Wildman–Crippen MR) is 34.4 cm³/mol. The first kappa shape index (κ1) is 5.44. The minimum Gasteiger partial charge on any atom is -0.330 e. The number of hydrogen-bond donors (Lipinski definition) is 1. The minimum atomic E-state index is 0.375. The van der Waals surface area contributed by atoms with Crippen LogP contribution in [0.4, 0.5) is 0 Å². The van der Waals surface area contributed by atoms with Crippen molar-refractivity contribution >= 4 is 12.6 Å². The molecule has 0 aromatic rings. The van der Waals surface area contributed by atoms with Crippen molar-refractivity contribution in [3.8, 4) is 0 Å². The first-order valence-corrected chi connectivity index (χ1v) is 2.65. The lowest BCUT2D eigenvalue weighted by molar-refractivity contribution is 0.722. The van der Waals surface area contributed by atoms with Crippen LogP contribution in [0.5, 0.6) is 0 Å². The normalized spacial score (nSPS) is 26.4. The number of nitrogens with two attached hydrogens (primary N) is 1. The number of hydrogen-bond acceptors (Lipinski definition) is 3. The van der Waals surface area contributed by atoms with E-state index in [1.807, 2.05) is 6.21 Å². The second kappa shape index (κ2) is 2.57. The third-order valence-electron chi connectivity index (χ3n) is 1.09. The summed E-state index contributed by atoms with van der Waals surface area (Å²) in [6.07, 6.45) is 3.40. The second-order valence-electron chi connectivity index (χ2n) is 1.77. The average Bonchev–Trinajstić information content (AvgIpc) is 1.90. The lowest BCUT2D eigenvalue weighted by atomic mass is 10.2. The Labute approximate surface area is 48.3 Å². The molecule has 1 unspecified atom stereocenters. The van der Waals surface area contributed by atoms with Gasteiger partial charge in [-0.25, -0.2) is 4.99 Å². The van der Waals surface area contributed by atoms with Crippen molar-refractivity contribution in [3.05, 3.63) is 0 Å². The maximum atomic E-state index is 5.34. The summed E-state index contributed by atoms with van der Waals surface area (Å²) in [5.41, 5.74) is 5.34. The van der Waals surface area contributed by atoms with Crippen molar-refractivity contribution < 1.29 is 0 Å². The molecule has 3 heteroatoms. The molecule has 0 aliphatic carbocycles. The molecule has 0 saturated heterocycles. The Bertz CT molecular complexity index is 117. The van der Waals surface area contributed by atoms with Crippen LogP contribution in [-0.2, 0) is 0 Å². The zero-order chi connectivity index (χ0) is 5.82. The Morgan fingerprint density at radius 3 is 3.00 bits per heavy atom. The standard InChI is InChI=1S/C5H9N3/c6-1-5-2-7-4-8-3-5/h2,4-5H,1,3,6H2. The van der Waals surface area contributed by atoms with E-state index in [0.717, 1.165) is 6.54 Å². The molecular weight excluding hydrogens is 102 g/mol. The van der Waals surface area contributed by atoms with Gasteiger partial charge < -0.3 is 5.73 Å². The van der Waals surface area contributed by atoms with Crippen molar-refractivity contribution in [1.29, 1.82) is 0 Å². The molecule has 1 heterocycles. The Hall–Kier alpha value is -0.700. The Kier molecular flexibility index (Phi) is 1.75. The zero-order valence-electron chi connectivity index (χ0n) is 4.62. The van der Waals surface area contributed by atoms with Crippen molar-refractivity contribution in [3.63, 3.8) is 0 Å². The van der Waals surface area contributed by atoms with Gasteiger partial charge >= 0.3 is 0 Å². The summed E-state index contributed by atoms with van der Waals surface area (Å²) in [4.78, 5) is 7.76. The average molecular weight is 111 g/mol. The summed E-state index contributed by atoms with van der Waals surface area (Å²) in [6.45, 7) is 1.46. The Morgan fingerprint density at radius 2 is 2.62 bits per heavy atom. The molecule has 0 bridgehead atoms. The van der Waals surface area contributed by atoms with E-state index in [1.165, 1.54) is 0 Å². The fourth-order valence-corrected chi connectivity index (χ4v) is 0.572. The van der Waals surface area contributed by atoms with Gasteiger partial charge in [0.25, 0.3) is 0 Å². The summed E-state index contributed by atoms with van der Waals surface area (Å²) in [5, 5.41) is 0. The summed E-state index contributed by atoms with van der Waals surface area (Å²) in [7, 11) is 0. The van der Waals surface area contributed by atoms with Gasteiger partial charge in [0.15, 0.2) is 0 Å². The molecule has 0 fully saturated rings. The first-order chi connectivity index (χ1) is 3.93. The van der Waals surface area contributed by atoms with Crippen molar-refractivity contribution in [2.75, 3.05) is 13.1 Å². The summed E-state index contributed by atoms with van der Waals surface area (Å²) < 4.78 is 0. The van der Waals surface area contributed by atoms with Crippen LogP contribution < -0.4 is 5.73 Å². The molecule has 0 saturated carbocycles. The van der Waals surface area contributed by atoms with Gasteiger partial charge in [-0.3, -0.25) is 4.99 Å². The van der Waals surface area contributed by atoms with Gasteiger partial charge in [-0.1, -0.05) is 0 Å². The maximum absolute atomic E-state index is 5.34. The summed E-state index contributed by atoms with van der Waals surface area (Å²) in [6, 6.07) is 0. The molecule has 0 spiro atoms. The topological polar surface area (TPSA) is 50.7 Å². The van der Waals surface area contributed by atoms with Crippen molar-refractivity contribution in [1.82, 2.24) is 0 Å². The van der Waals surface area contributed by atoms with E-state index < -0.39 is 0 Å². The molecule has 0 radical (unpaired) electrons. The van der Waals surface area contributed by atoms with Crippen LogP contribution in [0.2, 0.25) is 0 Å². The third-order valence-corrected chi connectivity index (χ3v) is 1.09. The Balaban J connectivity index is 2.40. The highest BCUT2D eigenvalue weighted by atomic mass is 14.9. The summed E-state index contributed by atoms with van der Waals surface area (Å²) in [5.74, 6) is 0.375. The van der Waals surface area contributed by atoms with Crippen molar-refractivity contribution in [2.45, 2.75) is 0 Å². The van der Waals surface area contributed by atoms with Crippen LogP contribution in [0.3, 0.4) is 0 Å². The highest BCUT2D eigenvalue weighted by Gasteiger charge is 2.01. The molecule has 1 rings (SSSR count). The van der Waals surface area contributed by atoms with E-state index >= 15 is 0 Å². The minimum absolute atomic E-state index is 0.375. The quantitative estimate of drug-likeness (QED) is 0.495. The Morgan fingerprint density at radius 1 is 1.75 bits per heavy atom. The number of aliphatic imine (C=N–C) groups is 2. The number of rotatable bonds is 1. The van der Waals surface area contributed by atoms with E-state index in [2.05, 4.69) is 9.98 Å². The molecular formula is C5H9N3. The largest absolute Gasteiger partial charge is 0.330 e. The SMILES string of the molecule is NCC1C=NC=NC1. The smallest absolute Gasteiger partial charge is 0.109 e. The van der Waals surface area contributed by atoms with Gasteiger partial charge in [-0.05, 0) is 0 Å². The van der Waals surface area contributed by atoms with E-state index in [0.29, 0.717) is 12.5 Å². The van der Waals surface area contributed by atoms with Crippen molar-refractivity contribution in [2.24, 2.45) is 21.6 Å². The molecule has 2 N–H and O–H groups in total. The highest BCUT2D eigenvalue weighted by Crippen LogP contribution is 1.93. The lowest BCUT2D eigenvalue weighted by Gasteiger charge is -2.05. The molecule has 0 amide bonds. The van der Waals surface area contributed by atoms with Gasteiger partial charge in [0.05, 0.1) is 0 Å². The molecule has 1 atom stereocenters. The van der Waals surface area contributed by atoms with E-state index in [-0.39, 0.29) is 0 Å². The second-order valence-corrected chi connectivity index (χ2v) is 1.77. The van der Waals surface area contributed by atoms with Crippen LogP contribution in [0.15, 0.2) is 9.98 Å². The molecule has 0 aromatic carbocycles. The highest BCUT2D eigenvalue weighted by molar-refractivity contribution is 5.76.